The lowest BCUT2D eigenvalue weighted by molar-refractivity contribution is 0.0170. The van der Waals surface area contributed by atoms with Gasteiger partial charge in [0.25, 0.3) is 5.95 Å². The first kappa shape index (κ1) is 8.99. The largest absolute Gasteiger partial charge is 0.378 e. The zero-order valence-electron chi connectivity index (χ0n) is 7.50. The molecule has 68 valence electrons. The standard InChI is InChI=1S/C7H13N3O2/c1-7(2,11-3)4-5-9-6(8)10-12-5/h4H2,1-3H3,(H2,8,10). The van der Waals surface area contributed by atoms with Crippen LogP contribution in [-0.2, 0) is 11.2 Å². The summed E-state index contributed by atoms with van der Waals surface area (Å²) in [5.41, 5.74) is 4.99. The molecule has 0 aromatic carbocycles. The Morgan fingerprint density at radius 2 is 2.25 bits per heavy atom. The fourth-order valence-electron chi connectivity index (χ4n) is 0.776. The van der Waals surface area contributed by atoms with Gasteiger partial charge in [0.2, 0.25) is 5.89 Å². The number of aromatic nitrogens is 2. The maximum absolute atomic E-state index is 5.28. The monoisotopic (exact) mass is 171 g/mol. The summed E-state index contributed by atoms with van der Waals surface area (Å²) < 4.78 is 10.0. The molecule has 5 heteroatoms. The molecule has 1 heterocycles. The van der Waals surface area contributed by atoms with Crippen LogP contribution >= 0.6 is 0 Å². The highest BCUT2D eigenvalue weighted by atomic mass is 16.5. The summed E-state index contributed by atoms with van der Waals surface area (Å²) in [7, 11) is 1.64. The maximum Gasteiger partial charge on any atom is 0.260 e. The van der Waals surface area contributed by atoms with Crippen LogP contribution in [0.5, 0.6) is 0 Å². The van der Waals surface area contributed by atoms with Gasteiger partial charge in [0, 0.05) is 7.11 Å². The molecule has 1 aromatic rings. The molecule has 0 aliphatic heterocycles. The van der Waals surface area contributed by atoms with Crippen LogP contribution in [-0.4, -0.2) is 22.9 Å². The van der Waals surface area contributed by atoms with Crippen molar-refractivity contribution >= 4 is 5.95 Å². The number of nitrogen functional groups attached to an aromatic ring is 1. The number of anilines is 1. The number of nitrogens with zero attached hydrogens (tertiary/aromatic N) is 2. The molecule has 0 saturated carbocycles. The fraction of sp³-hybridized carbons (Fsp3) is 0.714. The third kappa shape index (κ3) is 2.20. The van der Waals surface area contributed by atoms with Crippen molar-refractivity contribution in [1.29, 1.82) is 0 Å². The minimum absolute atomic E-state index is 0.164. The van der Waals surface area contributed by atoms with E-state index in [-0.39, 0.29) is 11.5 Å². The average Bonchev–Trinajstić information content (AvgIpc) is 2.35. The molecular formula is C7H13N3O2. The van der Waals surface area contributed by atoms with E-state index in [0.717, 1.165) is 0 Å². The zero-order chi connectivity index (χ0) is 9.19. The van der Waals surface area contributed by atoms with Crippen molar-refractivity contribution in [2.45, 2.75) is 25.9 Å². The van der Waals surface area contributed by atoms with Gasteiger partial charge in [-0.3, -0.25) is 0 Å². The lowest BCUT2D eigenvalue weighted by Crippen LogP contribution is -2.25. The van der Waals surface area contributed by atoms with Crippen LogP contribution in [0.2, 0.25) is 0 Å². The molecule has 0 atom stereocenters. The number of nitrogens with two attached hydrogens (primary N) is 1. The van der Waals surface area contributed by atoms with Gasteiger partial charge in [-0.05, 0) is 19.0 Å². The highest BCUT2D eigenvalue weighted by molar-refractivity contribution is 5.10. The van der Waals surface area contributed by atoms with E-state index in [2.05, 4.69) is 10.1 Å². The summed E-state index contributed by atoms with van der Waals surface area (Å²) >= 11 is 0. The summed E-state index contributed by atoms with van der Waals surface area (Å²) in [5.74, 6) is 0.663. The Labute approximate surface area is 70.9 Å². The molecule has 0 radical (unpaired) electrons. The number of hydrogen-bond donors (Lipinski definition) is 1. The van der Waals surface area contributed by atoms with Crippen molar-refractivity contribution < 1.29 is 9.26 Å². The molecule has 1 aromatic heterocycles. The predicted octanol–water partition coefficient (Wildman–Crippen LogP) is 0.619. The highest BCUT2D eigenvalue weighted by Crippen LogP contribution is 2.14. The second-order valence-electron chi connectivity index (χ2n) is 3.19. The summed E-state index contributed by atoms with van der Waals surface area (Å²) in [6, 6.07) is 0. The molecule has 0 saturated heterocycles. The number of methoxy groups -OCH3 is 1. The Morgan fingerprint density at radius 1 is 1.58 bits per heavy atom. The zero-order valence-corrected chi connectivity index (χ0v) is 7.50. The molecule has 12 heavy (non-hydrogen) atoms. The van der Waals surface area contributed by atoms with Crippen molar-refractivity contribution in [1.82, 2.24) is 10.1 Å². The number of rotatable bonds is 3. The van der Waals surface area contributed by atoms with Gasteiger partial charge in [-0.15, -0.1) is 0 Å². The molecule has 0 aliphatic carbocycles. The van der Waals surface area contributed by atoms with E-state index in [0.29, 0.717) is 12.3 Å². The van der Waals surface area contributed by atoms with E-state index in [1.54, 1.807) is 7.11 Å². The van der Waals surface area contributed by atoms with Crippen LogP contribution in [0.1, 0.15) is 19.7 Å². The molecule has 2 N–H and O–H groups in total. The molecule has 0 bridgehead atoms. The quantitative estimate of drug-likeness (QED) is 0.721. The molecule has 1 rings (SSSR count). The first-order chi connectivity index (χ1) is 5.53. The Bertz CT molecular complexity index is 257. The molecular weight excluding hydrogens is 158 g/mol. The molecule has 0 spiro atoms. The van der Waals surface area contributed by atoms with E-state index in [1.807, 2.05) is 13.8 Å². The van der Waals surface area contributed by atoms with Gasteiger partial charge < -0.3 is 15.0 Å². The Balaban J connectivity index is 2.63. The molecule has 0 unspecified atom stereocenters. The smallest absolute Gasteiger partial charge is 0.260 e. The molecule has 0 amide bonds. The van der Waals surface area contributed by atoms with Gasteiger partial charge in [-0.1, -0.05) is 0 Å². The topological polar surface area (TPSA) is 74.2 Å². The molecule has 0 fully saturated rings. The normalized spacial score (nSPS) is 11.9. The second-order valence-corrected chi connectivity index (χ2v) is 3.19. The van der Waals surface area contributed by atoms with Crippen LogP contribution in [0.3, 0.4) is 0 Å². The summed E-state index contributed by atoms with van der Waals surface area (Å²) in [4.78, 5) is 3.86. The minimum atomic E-state index is -0.293. The van der Waals surface area contributed by atoms with E-state index in [4.69, 9.17) is 15.0 Å². The summed E-state index contributed by atoms with van der Waals surface area (Å²) in [5, 5.41) is 3.47. The van der Waals surface area contributed by atoms with Gasteiger partial charge in [0.15, 0.2) is 0 Å². The SMILES string of the molecule is COC(C)(C)Cc1nc(N)no1. The third-order valence-electron chi connectivity index (χ3n) is 1.61. The van der Waals surface area contributed by atoms with Crippen molar-refractivity contribution in [2.24, 2.45) is 0 Å². The number of hydrogen-bond acceptors (Lipinski definition) is 5. The van der Waals surface area contributed by atoms with Gasteiger partial charge in [0.05, 0.1) is 12.0 Å². The van der Waals surface area contributed by atoms with E-state index < -0.39 is 0 Å². The first-order valence-electron chi connectivity index (χ1n) is 3.67. The lowest BCUT2D eigenvalue weighted by Gasteiger charge is -2.19. The van der Waals surface area contributed by atoms with E-state index in [9.17, 15) is 0 Å². The van der Waals surface area contributed by atoms with Crippen LogP contribution in [0.25, 0.3) is 0 Å². The maximum atomic E-state index is 5.28. The Hall–Kier alpha value is -1.10. The highest BCUT2D eigenvalue weighted by Gasteiger charge is 2.20. The number of ether oxygens (including phenoxy) is 1. The minimum Gasteiger partial charge on any atom is -0.378 e. The predicted molar refractivity (Wildman–Crippen MR) is 43.5 cm³/mol. The second kappa shape index (κ2) is 3.10. The van der Waals surface area contributed by atoms with E-state index in [1.165, 1.54) is 0 Å². The van der Waals surface area contributed by atoms with Crippen molar-refractivity contribution in [2.75, 3.05) is 12.8 Å². The molecule has 0 aliphatic rings. The average molecular weight is 171 g/mol. The van der Waals surface area contributed by atoms with Gasteiger partial charge in [-0.2, -0.15) is 4.98 Å². The summed E-state index contributed by atoms with van der Waals surface area (Å²) in [6.45, 7) is 3.88. The van der Waals surface area contributed by atoms with E-state index >= 15 is 0 Å². The lowest BCUT2D eigenvalue weighted by atomic mass is 10.1. The van der Waals surface area contributed by atoms with Crippen LogP contribution in [0.15, 0.2) is 4.52 Å². The van der Waals surface area contributed by atoms with Gasteiger partial charge in [-0.25, -0.2) is 0 Å². The van der Waals surface area contributed by atoms with Crippen molar-refractivity contribution in [3.63, 3.8) is 0 Å². The van der Waals surface area contributed by atoms with Gasteiger partial charge >= 0.3 is 0 Å². The first-order valence-corrected chi connectivity index (χ1v) is 3.67. The van der Waals surface area contributed by atoms with Crippen molar-refractivity contribution in [3.8, 4) is 0 Å². The Kier molecular flexibility index (Phi) is 2.32. The third-order valence-corrected chi connectivity index (χ3v) is 1.61. The van der Waals surface area contributed by atoms with Crippen LogP contribution in [0.4, 0.5) is 5.95 Å². The van der Waals surface area contributed by atoms with Crippen molar-refractivity contribution in [3.05, 3.63) is 5.89 Å². The fourth-order valence-corrected chi connectivity index (χ4v) is 0.776. The van der Waals surface area contributed by atoms with Crippen LogP contribution in [0, 0.1) is 0 Å². The van der Waals surface area contributed by atoms with Gasteiger partial charge in [0.1, 0.15) is 0 Å². The Morgan fingerprint density at radius 3 is 2.67 bits per heavy atom. The van der Waals surface area contributed by atoms with Crippen LogP contribution < -0.4 is 5.73 Å². The molecule has 5 nitrogen and oxygen atoms in total. The summed E-state index contributed by atoms with van der Waals surface area (Å²) in [6.07, 6.45) is 0.563.